The fourth-order valence-electron chi connectivity index (χ4n) is 7.67. The SMILES string of the molecule is COc1cccc(OC)c1-n1c(CS(=O)(=O)[C@@H](C)[C@H](O)c2cnc(C)cn2)nnc1-c1cccc(C)n1.COc1cccc(OC)c1-n1c(CS(=O)(=O)[C@H](C)[C@@H](O)c2cnc(C)cn2)nnc1-c1cccc(C)n1. The van der Waals surface area contributed by atoms with Crippen LogP contribution in [0.1, 0.15) is 71.9 Å². The fourth-order valence-corrected chi connectivity index (χ4v) is 10.4. The number of methoxy groups -OCH3 is 4. The highest BCUT2D eigenvalue weighted by atomic mass is 32.2. The van der Waals surface area contributed by atoms with Crippen molar-refractivity contribution in [2.75, 3.05) is 28.4 Å². The van der Waals surface area contributed by atoms with Gasteiger partial charge in [0.1, 0.15) is 69.5 Å². The Morgan fingerprint density at radius 3 is 1.11 bits per heavy atom. The minimum atomic E-state index is -3.96. The molecule has 0 unspecified atom stereocenters. The minimum absolute atomic E-state index is 0.107. The van der Waals surface area contributed by atoms with Crippen molar-refractivity contribution >= 4 is 19.7 Å². The average Bonchev–Trinajstić information content (AvgIpc) is 4.00. The van der Waals surface area contributed by atoms with Gasteiger partial charge in [-0.15, -0.1) is 20.4 Å². The molecule has 0 saturated carbocycles. The van der Waals surface area contributed by atoms with Gasteiger partial charge in [-0.1, -0.05) is 24.3 Å². The maximum absolute atomic E-state index is 13.5. The van der Waals surface area contributed by atoms with Crippen LogP contribution in [0.25, 0.3) is 34.4 Å². The number of ether oxygens (including phenoxy) is 4. The predicted molar refractivity (Wildman–Crippen MR) is 272 cm³/mol. The number of benzene rings is 2. The van der Waals surface area contributed by atoms with Gasteiger partial charge in [-0.3, -0.25) is 29.1 Å². The largest absolute Gasteiger partial charge is 0.494 e. The van der Waals surface area contributed by atoms with Crippen molar-refractivity contribution in [1.29, 1.82) is 0 Å². The number of aryl methyl sites for hydroxylation is 4. The zero-order valence-electron chi connectivity index (χ0n) is 42.3. The van der Waals surface area contributed by atoms with E-state index in [1.165, 1.54) is 67.1 Å². The summed E-state index contributed by atoms with van der Waals surface area (Å²) < 4.78 is 79.5. The molecular weight excluding hydrogens is 993 g/mol. The van der Waals surface area contributed by atoms with E-state index < -0.39 is 53.9 Å². The van der Waals surface area contributed by atoms with Crippen molar-refractivity contribution in [3.8, 4) is 57.4 Å². The zero-order chi connectivity index (χ0) is 53.5. The normalized spacial score (nSPS) is 13.2. The van der Waals surface area contributed by atoms with Crippen molar-refractivity contribution in [3.05, 3.63) is 143 Å². The molecule has 74 heavy (non-hydrogen) atoms. The Hall–Kier alpha value is -7.80. The van der Waals surface area contributed by atoms with Gasteiger partial charge in [0, 0.05) is 23.8 Å². The molecule has 0 fully saturated rings. The van der Waals surface area contributed by atoms with Crippen LogP contribution in [0.4, 0.5) is 0 Å². The van der Waals surface area contributed by atoms with Crippen molar-refractivity contribution < 1.29 is 46.0 Å². The van der Waals surface area contributed by atoms with Gasteiger partial charge in [-0.25, -0.2) is 26.8 Å². The van der Waals surface area contributed by atoms with Gasteiger partial charge in [-0.2, -0.15) is 0 Å². The predicted octanol–water partition coefficient (Wildman–Crippen LogP) is 5.58. The topological polar surface area (TPSA) is 284 Å². The lowest BCUT2D eigenvalue weighted by Crippen LogP contribution is -2.28. The quantitative estimate of drug-likeness (QED) is 0.106. The molecule has 0 aliphatic rings. The van der Waals surface area contributed by atoms with E-state index in [0.717, 1.165) is 11.4 Å². The summed E-state index contributed by atoms with van der Waals surface area (Å²) in [6.07, 6.45) is 2.93. The second-order valence-electron chi connectivity index (χ2n) is 17.0. The van der Waals surface area contributed by atoms with E-state index >= 15 is 0 Å². The maximum Gasteiger partial charge on any atom is 0.187 e. The number of pyridine rings is 2. The van der Waals surface area contributed by atoms with Gasteiger partial charge in [0.2, 0.25) is 0 Å². The van der Waals surface area contributed by atoms with E-state index in [1.807, 2.05) is 38.1 Å². The Morgan fingerprint density at radius 1 is 0.473 bits per heavy atom. The van der Waals surface area contributed by atoms with Crippen molar-refractivity contribution in [2.45, 2.75) is 75.8 Å². The highest BCUT2D eigenvalue weighted by Gasteiger charge is 2.36. The third-order valence-corrected chi connectivity index (χ3v) is 15.9. The highest BCUT2D eigenvalue weighted by Crippen LogP contribution is 2.39. The Balaban J connectivity index is 0.000000216. The number of para-hydroxylation sites is 2. The molecule has 0 amide bonds. The summed E-state index contributed by atoms with van der Waals surface area (Å²) in [6, 6.07) is 21.3. The Morgan fingerprint density at radius 2 is 0.811 bits per heavy atom. The maximum atomic E-state index is 13.5. The second-order valence-corrected chi connectivity index (χ2v) is 21.7. The van der Waals surface area contributed by atoms with Crippen LogP contribution >= 0.6 is 0 Å². The van der Waals surface area contributed by atoms with Crippen molar-refractivity contribution in [3.63, 3.8) is 0 Å². The number of aliphatic hydroxyl groups excluding tert-OH is 2. The molecule has 8 aromatic rings. The van der Waals surface area contributed by atoms with Crippen LogP contribution in [0, 0.1) is 27.7 Å². The first-order valence-electron chi connectivity index (χ1n) is 22.9. The first-order valence-corrected chi connectivity index (χ1v) is 26.3. The van der Waals surface area contributed by atoms with Crippen molar-refractivity contribution in [1.82, 2.24) is 59.4 Å². The van der Waals surface area contributed by atoms with Crippen molar-refractivity contribution in [2.24, 2.45) is 0 Å². The Kier molecular flexibility index (Phi) is 16.7. The van der Waals surface area contributed by atoms with Crippen LogP contribution in [0.5, 0.6) is 23.0 Å². The number of rotatable bonds is 18. The third kappa shape index (κ3) is 11.7. The number of nitrogens with zero attached hydrogens (tertiary/aromatic N) is 12. The molecule has 0 aliphatic heterocycles. The molecule has 6 heterocycles. The monoisotopic (exact) mass is 1050 g/mol. The van der Waals surface area contributed by atoms with Crippen LogP contribution in [0.3, 0.4) is 0 Å². The first kappa shape index (κ1) is 54.0. The lowest BCUT2D eigenvalue weighted by molar-refractivity contribution is 0.170. The molecule has 388 valence electrons. The molecule has 4 atom stereocenters. The molecular formula is C50H56N12O10S2. The van der Waals surface area contributed by atoms with Gasteiger partial charge in [0.05, 0.1) is 74.1 Å². The molecule has 6 aromatic heterocycles. The number of hydrogen-bond donors (Lipinski definition) is 2. The molecule has 2 N–H and O–H groups in total. The summed E-state index contributed by atoms with van der Waals surface area (Å²) in [5.74, 6) is 1.50. The summed E-state index contributed by atoms with van der Waals surface area (Å²) in [4.78, 5) is 25.6. The Labute approximate surface area is 428 Å². The lowest BCUT2D eigenvalue weighted by Gasteiger charge is -2.20. The van der Waals surface area contributed by atoms with Crippen LogP contribution < -0.4 is 18.9 Å². The van der Waals surface area contributed by atoms with Gasteiger partial charge in [0.25, 0.3) is 0 Å². The second kappa shape index (κ2) is 23.0. The van der Waals surface area contributed by atoms with E-state index in [1.54, 1.807) is 71.5 Å². The van der Waals surface area contributed by atoms with E-state index in [4.69, 9.17) is 18.9 Å². The summed E-state index contributed by atoms with van der Waals surface area (Å²) in [5.41, 5.74) is 4.99. The van der Waals surface area contributed by atoms with Gasteiger partial charge in [-0.05, 0) is 90.1 Å². The van der Waals surface area contributed by atoms with E-state index in [2.05, 4.69) is 50.3 Å². The van der Waals surface area contributed by atoms with Gasteiger partial charge in [0.15, 0.2) is 43.0 Å². The van der Waals surface area contributed by atoms with E-state index in [9.17, 15) is 27.0 Å². The van der Waals surface area contributed by atoms with Crippen LogP contribution in [0.15, 0.2) is 97.6 Å². The standard InChI is InChI=1S/2C25H28N6O5S/c2*1-15-8-6-9-18(28-15)25-30-29-22(31(25)23-20(35-4)10-7-11-21(23)36-5)14-37(33,34)17(3)24(32)19-13-26-16(2)12-27-19/h2*6-13,17,24,32H,14H2,1-5H3/t2*17-,24-/m10/s1. The molecule has 22 nitrogen and oxygen atoms in total. The summed E-state index contributed by atoms with van der Waals surface area (Å²) in [7, 11) is -1.90. The molecule has 0 bridgehead atoms. The number of hydrogen-bond acceptors (Lipinski definition) is 20. The number of sulfone groups is 2. The molecule has 24 heteroatoms. The molecule has 0 saturated heterocycles. The number of aromatic nitrogens is 12. The fraction of sp³-hybridized carbons (Fsp3) is 0.320. The first-order chi connectivity index (χ1) is 35.3. The van der Waals surface area contributed by atoms with Gasteiger partial charge < -0.3 is 29.2 Å². The lowest BCUT2D eigenvalue weighted by atomic mass is 10.2. The third-order valence-electron chi connectivity index (χ3n) is 11.8. The molecule has 2 aromatic carbocycles. The summed E-state index contributed by atoms with van der Waals surface area (Å²) in [6.45, 7) is 10.0. The average molecular weight is 1050 g/mol. The van der Waals surface area contributed by atoms with Crippen LogP contribution in [0.2, 0.25) is 0 Å². The molecule has 0 radical (unpaired) electrons. The van der Waals surface area contributed by atoms with E-state index in [-0.39, 0.29) is 23.0 Å². The molecule has 0 aliphatic carbocycles. The number of aliphatic hydroxyl groups is 2. The minimum Gasteiger partial charge on any atom is -0.494 e. The highest BCUT2D eigenvalue weighted by molar-refractivity contribution is 7.91. The zero-order valence-corrected chi connectivity index (χ0v) is 43.9. The smallest absolute Gasteiger partial charge is 0.187 e. The molecule has 8 rings (SSSR count). The van der Waals surface area contributed by atoms with E-state index in [0.29, 0.717) is 68.8 Å². The van der Waals surface area contributed by atoms with Gasteiger partial charge >= 0.3 is 0 Å². The Bertz CT molecular complexity index is 3190. The molecule has 0 spiro atoms. The van der Waals surface area contributed by atoms with Crippen LogP contribution in [-0.2, 0) is 31.2 Å². The summed E-state index contributed by atoms with van der Waals surface area (Å²) >= 11 is 0. The summed E-state index contributed by atoms with van der Waals surface area (Å²) in [5, 5.41) is 36.2. The van der Waals surface area contributed by atoms with Crippen LogP contribution in [-0.4, -0.2) is 125 Å².